The van der Waals surface area contributed by atoms with Gasteiger partial charge in [-0.25, -0.2) is 0 Å². The number of carbonyl (C=O) groups is 2. The van der Waals surface area contributed by atoms with Crippen LogP contribution in [0.15, 0.2) is 81.7 Å². The number of hydrogen-bond donors (Lipinski definition) is 2. The average Bonchev–Trinajstić information content (AvgIpc) is 3.14. The Kier molecular flexibility index (Phi) is 6.04. The van der Waals surface area contributed by atoms with Crippen LogP contribution in [0.3, 0.4) is 0 Å². The lowest BCUT2D eigenvalue weighted by molar-refractivity contribution is 0.0999. The van der Waals surface area contributed by atoms with E-state index in [9.17, 15) is 9.59 Å². The van der Waals surface area contributed by atoms with E-state index in [1.165, 1.54) is 0 Å². The van der Waals surface area contributed by atoms with Crippen LogP contribution in [-0.4, -0.2) is 18.4 Å². The van der Waals surface area contributed by atoms with E-state index in [4.69, 9.17) is 9.15 Å². The quantitative estimate of drug-likeness (QED) is 0.350. The summed E-state index contributed by atoms with van der Waals surface area (Å²) in [7, 11) is 0. The Morgan fingerprint density at radius 2 is 1.71 bits per heavy atom. The molecule has 0 radical (unpaired) electrons. The molecule has 2 N–H and O–H groups in total. The van der Waals surface area contributed by atoms with Crippen LogP contribution in [0.4, 0.5) is 11.4 Å². The molecule has 6 nitrogen and oxygen atoms in total. The van der Waals surface area contributed by atoms with Crippen molar-refractivity contribution in [3.63, 3.8) is 0 Å². The van der Waals surface area contributed by atoms with E-state index in [0.29, 0.717) is 40.3 Å². The summed E-state index contributed by atoms with van der Waals surface area (Å²) in [6, 6.07) is 21.2. The first-order valence-corrected chi connectivity index (χ1v) is 10.5. The number of furan rings is 1. The predicted octanol–water partition coefficient (Wildman–Crippen LogP) is 6.10. The highest BCUT2D eigenvalue weighted by atomic mass is 79.9. The van der Waals surface area contributed by atoms with E-state index < -0.39 is 5.91 Å². The monoisotopic (exact) mass is 478 g/mol. The molecule has 1 heterocycles. The van der Waals surface area contributed by atoms with Crippen LogP contribution in [0.2, 0.25) is 0 Å². The maximum atomic E-state index is 13.0. The van der Waals surface area contributed by atoms with Crippen molar-refractivity contribution in [2.75, 3.05) is 17.2 Å². The highest BCUT2D eigenvalue weighted by Crippen LogP contribution is 2.32. The van der Waals surface area contributed by atoms with Crippen LogP contribution in [0.1, 0.15) is 27.8 Å². The van der Waals surface area contributed by atoms with Gasteiger partial charge in [0.05, 0.1) is 6.61 Å². The van der Waals surface area contributed by atoms with E-state index in [2.05, 4.69) is 26.6 Å². The van der Waals surface area contributed by atoms with Crippen molar-refractivity contribution >= 4 is 50.1 Å². The topological polar surface area (TPSA) is 80.6 Å². The molecule has 2 amide bonds. The maximum absolute atomic E-state index is 13.0. The lowest BCUT2D eigenvalue weighted by Crippen LogP contribution is -2.17. The smallest absolute Gasteiger partial charge is 0.293 e. The van der Waals surface area contributed by atoms with Crippen LogP contribution < -0.4 is 15.4 Å². The Morgan fingerprint density at radius 1 is 0.935 bits per heavy atom. The Balaban J connectivity index is 1.64. The van der Waals surface area contributed by atoms with Gasteiger partial charge < -0.3 is 19.8 Å². The number of ether oxygens (including phenoxy) is 1. The van der Waals surface area contributed by atoms with Crippen molar-refractivity contribution < 1.29 is 18.7 Å². The molecular weight excluding hydrogens is 460 g/mol. The normalized spacial score (nSPS) is 10.6. The van der Waals surface area contributed by atoms with Gasteiger partial charge in [-0.2, -0.15) is 0 Å². The van der Waals surface area contributed by atoms with Gasteiger partial charge in [-0.3, -0.25) is 9.59 Å². The van der Waals surface area contributed by atoms with Gasteiger partial charge in [0.2, 0.25) is 5.76 Å². The summed E-state index contributed by atoms with van der Waals surface area (Å²) >= 11 is 3.37. The third kappa shape index (κ3) is 4.62. The molecule has 4 aromatic rings. The SMILES string of the molecule is CCOc1ccc(NC(=O)c2oc3ccccc3c2NC(=O)c2cccc(Br)c2)cc1. The van der Waals surface area contributed by atoms with Crippen molar-refractivity contribution in [2.45, 2.75) is 6.92 Å². The van der Waals surface area contributed by atoms with Gasteiger partial charge in [-0.05, 0) is 61.5 Å². The number of benzene rings is 3. The van der Waals surface area contributed by atoms with E-state index >= 15 is 0 Å². The fourth-order valence-corrected chi connectivity index (χ4v) is 3.53. The van der Waals surface area contributed by atoms with E-state index in [1.54, 1.807) is 60.7 Å². The van der Waals surface area contributed by atoms with Crippen LogP contribution in [0.25, 0.3) is 11.0 Å². The lowest BCUT2D eigenvalue weighted by Gasteiger charge is -2.08. The fraction of sp³-hybridized carbons (Fsp3) is 0.0833. The van der Waals surface area contributed by atoms with Crippen molar-refractivity contribution in [3.05, 3.63) is 88.6 Å². The number of carbonyl (C=O) groups excluding carboxylic acids is 2. The van der Waals surface area contributed by atoms with Crippen LogP contribution in [0.5, 0.6) is 5.75 Å². The third-order valence-corrected chi connectivity index (χ3v) is 5.04. The van der Waals surface area contributed by atoms with E-state index in [-0.39, 0.29) is 11.7 Å². The lowest BCUT2D eigenvalue weighted by atomic mass is 10.1. The molecule has 3 aromatic carbocycles. The molecule has 0 bridgehead atoms. The summed E-state index contributed by atoms with van der Waals surface area (Å²) in [5, 5.41) is 6.28. The van der Waals surface area contributed by atoms with Crippen molar-refractivity contribution in [1.82, 2.24) is 0 Å². The number of nitrogens with one attached hydrogen (secondary N) is 2. The molecule has 0 atom stereocenters. The molecule has 0 saturated carbocycles. The minimum atomic E-state index is -0.468. The number of anilines is 2. The maximum Gasteiger partial charge on any atom is 0.293 e. The first kappa shape index (κ1) is 20.7. The van der Waals surface area contributed by atoms with Gasteiger partial charge in [0.25, 0.3) is 11.8 Å². The minimum absolute atomic E-state index is 0.0263. The van der Waals surface area contributed by atoms with Crippen LogP contribution >= 0.6 is 15.9 Å². The highest BCUT2D eigenvalue weighted by molar-refractivity contribution is 9.10. The Labute approximate surface area is 187 Å². The molecule has 0 fully saturated rings. The molecule has 4 rings (SSSR count). The van der Waals surface area contributed by atoms with Crippen LogP contribution in [0, 0.1) is 0 Å². The van der Waals surface area contributed by atoms with E-state index in [1.807, 2.05) is 19.1 Å². The largest absolute Gasteiger partial charge is 0.494 e. The summed E-state index contributed by atoms with van der Waals surface area (Å²) in [5.74, 6) is -0.0717. The second-order valence-corrected chi connectivity index (χ2v) is 7.59. The van der Waals surface area contributed by atoms with Gasteiger partial charge in [-0.1, -0.05) is 34.1 Å². The molecule has 7 heteroatoms. The first-order valence-electron chi connectivity index (χ1n) is 9.68. The zero-order chi connectivity index (χ0) is 21.8. The number of rotatable bonds is 6. The molecule has 31 heavy (non-hydrogen) atoms. The Bertz CT molecular complexity index is 1250. The standard InChI is InChI=1S/C24H19BrN2O4/c1-2-30-18-12-10-17(11-13-18)26-24(29)22-21(19-8-3-4-9-20(19)31-22)27-23(28)15-6-5-7-16(25)14-15/h3-14H,2H2,1H3,(H,26,29)(H,27,28). The predicted molar refractivity (Wildman–Crippen MR) is 124 cm³/mol. The first-order chi connectivity index (χ1) is 15.0. The highest BCUT2D eigenvalue weighted by Gasteiger charge is 2.23. The van der Waals surface area contributed by atoms with Gasteiger partial charge in [0.1, 0.15) is 17.0 Å². The fourth-order valence-electron chi connectivity index (χ4n) is 3.13. The van der Waals surface area contributed by atoms with Crippen molar-refractivity contribution in [1.29, 1.82) is 0 Å². The van der Waals surface area contributed by atoms with Gasteiger partial charge in [0, 0.05) is 21.1 Å². The zero-order valence-electron chi connectivity index (χ0n) is 16.6. The number of amides is 2. The second-order valence-electron chi connectivity index (χ2n) is 6.68. The summed E-state index contributed by atoms with van der Waals surface area (Å²) in [4.78, 5) is 25.8. The number of hydrogen-bond acceptors (Lipinski definition) is 4. The van der Waals surface area contributed by atoms with E-state index in [0.717, 1.165) is 4.47 Å². The molecule has 0 saturated heterocycles. The van der Waals surface area contributed by atoms with Gasteiger partial charge in [-0.15, -0.1) is 0 Å². The molecule has 156 valence electrons. The summed E-state index contributed by atoms with van der Waals surface area (Å²) in [6.07, 6.45) is 0. The molecule has 1 aromatic heterocycles. The number of para-hydroxylation sites is 1. The summed E-state index contributed by atoms with van der Waals surface area (Å²) in [5.41, 5.74) is 1.86. The molecular formula is C24H19BrN2O4. The zero-order valence-corrected chi connectivity index (χ0v) is 18.2. The minimum Gasteiger partial charge on any atom is -0.494 e. The van der Waals surface area contributed by atoms with Crippen molar-refractivity contribution in [2.24, 2.45) is 0 Å². The summed E-state index contributed by atoms with van der Waals surface area (Å²) in [6.45, 7) is 2.47. The second kappa shape index (κ2) is 9.06. The number of halogens is 1. The summed E-state index contributed by atoms with van der Waals surface area (Å²) < 4.78 is 12.0. The molecule has 0 spiro atoms. The Morgan fingerprint density at radius 3 is 2.45 bits per heavy atom. The number of fused-ring (bicyclic) bond motifs is 1. The molecule has 0 unspecified atom stereocenters. The Hall–Kier alpha value is -3.58. The molecule has 0 aliphatic carbocycles. The van der Waals surface area contributed by atoms with Gasteiger partial charge >= 0.3 is 0 Å². The van der Waals surface area contributed by atoms with Gasteiger partial charge in [0.15, 0.2) is 0 Å². The third-order valence-electron chi connectivity index (χ3n) is 4.55. The van der Waals surface area contributed by atoms with Crippen molar-refractivity contribution in [3.8, 4) is 5.75 Å². The van der Waals surface area contributed by atoms with Crippen LogP contribution in [-0.2, 0) is 0 Å². The molecule has 0 aliphatic heterocycles. The molecule has 0 aliphatic rings. The average molecular weight is 479 g/mol.